The van der Waals surface area contributed by atoms with Crippen LogP contribution in [0.15, 0.2) is 18.2 Å². The van der Waals surface area contributed by atoms with Gasteiger partial charge in [0.25, 0.3) is 0 Å². The molecule has 0 spiro atoms. The van der Waals surface area contributed by atoms with Crippen molar-refractivity contribution in [1.82, 2.24) is 0 Å². The monoisotopic (exact) mass is 276 g/mol. The van der Waals surface area contributed by atoms with Crippen molar-refractivity contribution in [3.8, 4) is 0 Å². The predicted octanol–water partition coefficient (Wildman–Crippen LogP) is 2.83. The van der Waals surface area contributed by atoms with Crippen molar-refractivity contribution in [2.75, 3.05) is 17.2 Å². The van der Waals surface area contributed by atoms with Crippen molar-refractivity contribution in [1.29, 1.82) is 0 Å². The maximum absolute atomic E-state index is 12.5. The van der Waals surface area contributed by atoms with Crippen LogP contribution in [0.5, 0.6) is 0 Å². The number of rotatable bonds is 3. The first-order chi connectivity index (χ1) is 9.39. The molecule has 1 aromatic rings. The lowest BCUT2D eigenvalue weighted by Gasteiger charge is -2.18. The molecule has 5 heteroatoms. The molecule has 0 aromatic heterocycles. The number of hydrogen-bond donors (Lipinski definition) is 1. The molecule has 0 bridgehead atoms. The SMILES string of the molecule is CCCCOC(=O)N1C(=O)C(C)(C)c2ccc(N)cc21. The Morgan fingerprint density at radius 2 is 2.10 bits per heavy atom. The Bertz CT molecular complexity index is 552. The smallest absolute Gasteiger partial charge is 0.421 e. The second-order valence-electron chi connectivity index (χ2n) is 5.51. The van der Waals surface area contributed by atoms with Crippen LogP contribution < -0.4 is 10.6 Å². The van der Waals surface area contributed by atoms with Gasteiger partial charge in [0.15, 0.2) is 0 Å². The summed E-state index contributed by atoms with van der Waals surface area (Å²) < 4.78 is 5.15. The molecule has 0 saturated carbocycles. The first kappa shape index (κ1) is 14.4. The van der Waals surface area contributed by atoms with E-state index in [4.69, 9.17) is 10.5 Å². The average molecular weight is 276 g/mol. The Morgan fingerprint density at radius 1 is 1.40 bits per heavy atom. The highest BCUT2D eigenvalue weighted by molar-refractivity contribution is 6.21. The van der Waals surface area contributed by atoms with E-state index in [0.717, 1.165) is 23.3 Å². The standard InChI is InChI=1S/C15H20N2O3/c1-4-5-8-20-14(19)17-12-9-10(16)6-7-11(12)15(2,3)13(17)18/h6-7,9H,4-5,8,16H2,1-3H3. The van der Waals surface area contributed by atoms with Crippen LogP contribution in [0.1, 0.15) is 39.2 Å². The first-order valence-corrected chi connectivity index (χ1v) is 6.81. The van der Waals surface area contributed by atoms with Crippen molar-refractivity contribution in [3.63, 3.8) is 0 Å². The third kappa shape index (κ3) is 2.24. The van der Waals surface area contributed by atoms with Gasteiger partial charge in [-0.3, -0.25) is 4.79 Å². The van der Waals surface area contributed by atoms with E-state index in [-0.39, 0.29) is 5.91 Å². The summed E-state index contributed by atoms with van der Waals surface area (Å²) in [5.74, 6) is -0.278. The number of amides is 2. The normalized spacial score (nSPS) is 16.1. The van der Waals surface area contributed by atoms with E-state index in [0.29, 0.717) is 18.0 Å². The number of carbonyl (C=O) groups excluding carboxylic acids is 2. The largest absolute Gasteiger partial charge is 0.449 e. The molecular weight excluding hydrogens is 256 g/mol. The minimum atomic E-state index is -0.743. The van der Waals surface area contributed by atoms with Gasteiger partial charge in [-0.05, 0) is 38.0 Å². The topological polar surface area (TPSA) is 72.6 Å². The van der Waals surface area contributed by atoms with Gasteiger partial charge in [-0.1, -0.05) is 19.4 Å². The van der Waals surface area contributed by atoms with E-state index in [1.807, 2.05) is 6.92 Å². The van der Waals surface area contributed by atoms with Crippen LogP contribution in [0, 0.1) is 0 Å². The minimum absolute atomic E-state index is 0.278. The third-order valence-corrected chi connectivity index (χ3v) is 3.58. The maximum atomic E-state index is 12.5. The summed E-state index contributed by atoms with van der Waals surface area (Å²) in [7, 11) is 0. The van der Waals surface area contributed by atoms with Gasteiger partial charge >= 0.3 is 6.09 Å². The third-order valence-electron chi connectivity index (χ3n) is 3.58. The van der Waals surface area contributed by atoms with Crippen LogP contribution in [-0.2, 0) is 14.9 Å². The molecule has 1 heterocycles. The summed E-state index contributed by atoms with van der Waals surface area (Å²) >= 11 is 0. The Morgan fingerprint density at radius 3 is 2.75 bits per heavy atom. The molecule has 0 aliphatic carbocycles. The van der Waals surface area contributed by atoms with Gasteiger partial charge in [-0.25, -0.2) is 9.69 Å². The fourth-order valence-corrected chi connectivity index (χ4v) is 2.32. The second-order valence-corrected chi connectivity index (χ2v) is 5.51. The molecule has 0 unspecified atom stereocenters. The van der Waals surface area contributed by atoms with Crippen molar-refractivity contribution in [2.24, 2.45) is 0 Å². The highest BCUT2D eigenvalue weighted by atomic mass is 16.6. The molecule has 0 radical (unpaired) electrons. The highest BCUT2D eigenvalue weighted by Crippen LogP contribution is 2.42. The number of benzene rings is 1. The molecule has 0 fully saturated rings. The average Bonchev–Trinajstić information content (AvgIpc) is 2.57. The summed E-state index contributed by atoms with van der Waals surface area (Å²) in [5.41, 5.74) is 6.85. The molecule has 0 saturated heterocycles. The molecule has 1 aliphatic rings. The highest BCUT2D eigenvalue weighted by Gasteiger charge is 2.47. The van der Waals surface area contributed by atoms with Crippen LogP contribution in [0.4, 0.5) is 16.2 Å². The van der Waals surface area contributed by atoms with Gasteiger partial charge in [0.05, 0.1) is 17.7 Å². The van der Waals surface area contributed by atoms with Crippen LogP contribution in [0.2, 0.25) is 0 Å². The fourth-order valence-electron chi connectivity index (χ4n) is 2.32. The van der Waals surface area contributed by atoms with E-state index in [1.165, 1.54) is 0 Å². The van der Waals surface area contributed by atoms with E-state index < -0.39 is 11.5 Å². The molecule has 0 atom stereocenters. The van der Waals surface area contributed by atoms with E-state index >= 15 is 0 Å². The Labute approximate surface area is 118 Å². The van der Waals surface area contributed by atoms with Crippen molar-refractivity contribution in [3.05, 3.63) is 23.8 Å². The summed E-state index contributed by atoms with van der Waals surface area (Å²) in [6.45, 7) is 5.92. The number of hydrogen-bond acceptors (Lipinski definition) is 4. The molecule has 20 heavy (non-hydrogen) atoms. The fraction of sp³-hybridized carbons (Fsp3) is 0.467. The number of ether oxygens (including phenoxy) is 1. The number of nitrogens with zero attached hydrogens (tertiary/aromatic N) is 1. The molecule has 2 rings (SSSR count). The molecule has 2 amide bonds. The zero-order chi connectivity index (χ0) is 14.9. The first-order valence-electron chi connectivity index (χ1n) is 6.81. The molecular formula is C15H20N2O3. The number of imide groups is 1. The van der Waals surface area contributed by atoms with Gasteiger partial charge in [0.2, 0.25) is 5.91 Å². The predicted molar refractivity (Wildman–Crippen MR) is 77.6 cm³/mol. The Balaban J connectivity index is 2.33. The van der Waals surface area contributed by atoms with Gasteiger partial charge in [-0.2, -0.15) is 0 Å². The zero-order valence-electron chi connectivity index (χ0n) is 12.1. The number of fused-ring (bicyclic) bond motifs is 1. The number of anilines is 2. The number of nitrogens with two attached hydrogens (primary N) is 1. The van der Waals surface area contributed by atoms with Crippen LogP contribution in [-0.4, -0.2) is 18.6 Å². The molecule has 108 valence electrons. The Kier molecular flexibility index (Phi) is 3.70. The van der Waals surface area contributed by atoms with Gasteiger partial charge in [0.1, 0.15) is 0 Å². The maximum Gasteiger partial charge on any atom is 0.421 e. The van der Waals surface area contributed by atoms with E-state index in [2.05, 4.69) is 0 Å². The molecule has 5 nitrogen and oxygen atoms in total. The quantitative estimate of drug-likeness (QED) is 0.680. The lowest BCUT2D eigenvalue weighted by Crippen LogP contribution is -2.40. The van der Waals surface area contributed by atoms with Crippen LogP contribution in [0.25, 0.3) is 0 Å². The summed E-state index contributed by atoms with van der Waals surface area (Å²) in [6.07, 6.45) is 1.08. The van der Waals surface area contributed by atoms with Crippen LogP contribution in [0.3, 0.4) is 0 Å². The van der Waals surface area contributed by atoms with Gasteiger partial charge in [0, 0.05) is 5.69 Å². The van der Waals surface area contributed by atoms with Crippen molar-refractivity contribution >= 4 is 23.4 Å². The summed E-state index contributed by atoms with van der Waals surface area (Å²) in [5, 5.41) is 0. The molecule has 1 aromatic carbocycles. The van der Waals surface area contributed by atoms with Crippen molar-refractivity contribution in [2.45, 2.75) is 39.0 Å². The summed E-state index contributed by atoms with van der Waals surface area (Å²) in [6, 6.07) is 5.17. The molecule has 1 aliphatic heterocycles. The van der Waals surface area contributed by atoms with Gasteiger partial charge in [-0.15, -0.1) is 0 Å². The summed E-state index contributed by atoms with van der Waals surface area (Å²) in [4.78, 5) is 25.7. The number of carbonyl (C=O) groups is 2. The van der Waals surface area contributed by atoms with Crippen LogP contribution >= 0.6 is 0 Å². The lowest BCUT2D eigenvalue weighted by molar-refractivity contribution is -0.121. The van der Waals surface area contributed by atoms with E-state index in [9.17, 15) is 9.59 Å². The van der Waals surface area contributed by atoms with Crippen molar-refractivity contribution < 1.29 is 14.3 Å². The Hall–Kier alpha value is -2.04. The van der Waals surface area contributed by atoms with E-state index in [1.54, 1.807) is 32.0 Å². The second kappa shape index (κ2) is 5.15. The zero-order valence-corrected chi connectivity index (χ0v) is 12.1. The lowest BCUT2D eigenvalue weighted by atomic mass is 9.86. The number of unbranched alkanes of at least 4 members (excludes halogenated alkanes) is 1. The van der Waals surface area contributed by atoms with Gasteiger partial charge < -0.3 is 10.5 Å². The number of nitrogen functional groups attached to an aromatic ring is 1. The molecule has 2 N–H and O–H groups in total. The minimum Gasteiger partial charge on any atom is -0.449 e.